The summed E-state index contributed by atoms with van der Waals surface area (Å²) in [6.45, 7) is 3.46. The van der Waals surface area contributed by atoms with Crippen LogP contribution in [0.25, 0.3) is 22.8 Å². The topological polar surface area (TPSA) is 38.7 Å². The normalized spacial score (nSPS) is 11.2. The van der Waals surface area contributed by atoms with Crippen molar-refractivity contribution in [1.82, 2.24) is 15.0 Å². The summed E-state index contributed by atoms with van der Waals surface area (Å²) in [4.78, 5) is 12.1. The van der Waals surface area contributed by atoms with Crippen LogP contribution in [0.15, 0.2) is 30.3 Å². The molecule has 3 rings (SSSR count). The molecule has 3 aromatic rings. The van der Waals surface area contributed by atoms with Crippen molar-refractivity contribution in [3.63, 3.8) is 0 Å². The molecule has 1 heterocycles. The lowest BCUT2D eigenvalue weighted by Crippen LogP contribution is -2.09. The number of benzene rings is 2. The number of aromatic nitrogens is 3. The zero-order valence-electron chi connectivity index (χ0n) is 13.7. The van der Waals surface area contributed by atoms with Crippen molar-refractivity contribution >= 4 is 0 Å². The van der Waals surface area contributed by atoms with Crippen molar-refractivity contribution < 1.29 is 22.0 Å². The van der Waals surface area contributed by atoms with Gasteiger partial charge in [0.1, 0.15) is 5.82 Å². The van der Waals surface area contributed by atoms with Gasteiger partial charge in [-0.15, -0.1) is 0 Å². The van der Waals surface area contributed by atoms with E-state index in [4.69, 9.17) is 0 Å². The molecule has 3 nitrogen and oxygen atoms in total. The highest BCUT2D eigenvalue weighted by Gasteiger charge is 2.29. The van der Waals surface area contributed by atoms with E-state index in [9.17, 15) is 22.0 Å². The summed E-state index contributed by atoms with van der Waals surface area (Å²) < 4.78 is 68.6. The number of rotatable bonds is 3. The van der Waals surface area contributed by atoms with Crippen LogP contribution in [0.3, 0.4) is 0 Å². The van der Waals surface area contributed by atoms with E-state index in [0.29, 0.717) is 5.56 Å². The third-order valence-electron chi connectivity index (χ3n) is 3.63. The van der Waals surface area contributed by atoms with Gasteiger partial charge in [0.15, 0.2) is 34.9 Å². The van der Waals surface area contributed by atoms with E-state index in [1.807, 2.05) is 0 Å². The lowest BCUT2D eigenvalue weighted by molar-refractivity contribution is 0.380. The van der Waals surface area contributed by atoms with Gasteiger partial charge in [-0.2, -0.15) is 0 Å². The van der Waals surface area contributed by atoms with Gasteiger partial charge in [-0.1, -0.05) is 44.2 Å². The van der Waals surface area contributed by atoms with Gasteiger partial charge in [0.25, 0.3) is 0 Å². The molecule has 8 heteroatoms. The molecule has 0 atom stereocenters. The largest absolute Gasteiger partial charge is 0.213 e. The quantitative estimate of drug-likeness (QED) is 0.371. The molecule has 0 N–H and O–H groups in total. The summed E-state index contributed by atoms with van der Waals surface area (Å²) in [5.74, 6) is -10.9. The maximum absolute atomic E-state index is 14.1. The van der Waals surface area contributed by atoms with Gasteiger partial charge in [0, 0.05) is 11.5 Å². The zero-order valence-corrected chi connectivity index (χ0v) is 13.7. The van der Waals surface area contributed by atoms with Crippen molar-refractivity contribution in [2.75, 3.05) is 0 Å². The maximum atomic E-state index is 14.1. The number of nitrogens with zero attached hydrogens (tertiary/aromatic N) is 3. The summed E-state index contributed by atoms with van der Waals surface area (Å²) in [5, 5.41) is 0. The van der Waals surface area contributed by atoms with E-state index in [1.165, 1.54) is 0 Å². The van der Waals surface area contributed by atoms with Crippen LogP contribution in [0.4, 0.5) is 22.0 Å². The molecule has 0 aliphatic carbocycles. The van der Waals surface area contributed by atoms with Gasteiger partial charge in [-0.05, 0) is 0 Å². The summed E-state index contributed by atoms with van der Waals surface area (Å²) in [6.07, 6.45) is 0. The van der Waals surface area contributed by atoms with E-state index in [2.05, 4.69) is 15.0 Å². The number of hydrogen-bond acceptors (Lipinski definition) is 3. The van der Waals surface area contributed by atoms with Gasteiger partial charge in [-0.3, -0.25) is 0 Å². The molecule has 0 bridgehead atoms. The van der Waals surface area contributed by atoms with Gasteiger partial charge in [0.2, 0.25) is 5.82 Å². The molecule has 2 aromatic carbocycles. The average molecular weight is 365 g/mol. The second kappa shape index (κ2) is 6.78. The Hall–Kier alpha value is -2.90. The Balaban J connectivity index is 2.32. The van der Waals surface area contributed by atoms with Gasteiger partial charge in [-0.25, -0.2) is 36.9 Å². The summed E-state index contributed by atoms with van der Waals surface area (Å²) in [6, 6.07) is 8.46. The van der Waals surface area contributed by atoms with Gasteiger partial charge < -0.3 is 0 Å². The van der Waals surface area contributed by atoms with E-state index in [1.54, 1.807) is 44.2 Å². The van der Waals surface area contributed by atoms with Crippen LogP contribution >= 0.6 is 0 Å². The SMILES string of the molecule is CC(C)c1nc(-c2ccccc2)nc(-c2c(F)c(F)c(F)c(F)c2F)n1. The predicted octanol–water partition coefficient (Wildman–Crippen LogP) is 5.02. The van der Waals surface area contributed by atoms with Crippen LogP contribution in [-0.2, 0) is 0 Å². The third-order valence-corrected chi connectivity index (χ3v) is 3.63. The maximum Gasteiger partial charge on any atom is 0.200 e. The standard InChI is InChI=1S/C18H12F5N3/c1-8(2)16-24-17(9-6-4-3-5-7-9)26-18(25-16)10-11(19)13(21)15(23)14(22)12(10)20/h3-8H,1-2H3. The molecule has 26 heavy (non-hydrogen) atoms. The lowest BCUT2D eigenvalue weighted by Gasteiger charge is -2.11. The molecule has 0 spiro atoms. The van der Waals surface area contributed by atoms with E-state index in [0.717, 1.165) is 0 Å². The second-order valence-electron chi connectivity index (χ2n) is 5.81. The van der Waals surface area contributed by atoms with Crippen LogP contribution in [0.2, 0.25) is 0 Å². The van der Waals surface area contributed by atoms with E-state index >= 15 is 0 Å². The minimum atomic E-state index is -2.23. The fraction of sp³-hybridized carbons (Fsp3) is 0.167. The Morgan fingerprint density at radius 3 is 1.69 bits per heavy atom. The van der Waals surface area contributed by atoms with Crippen LogP contribution < -0.4 is 0 Å². The molecule has 0 amide bonds. The summed E-state index contributed by atoms with van der Waals surface area (Å²) in [5.41, 5.74) is -0.662. The molecule has 0 saturated carbocycles. The molecule has 0 radical (unpaired) electrons. The van der Waals surface area contributed by atoms with Crippen molar-refractivity contribution in [3.05, 3.63) is 65.2 Å². The summed E-state index contributed by atoms with van der Waals surface area (Å²) >= 11 is 0. The Kier molecular flexibility index (Phi) is 4.67. The minimum Gasteiger partial charge on any atom is -0.213 e. The Morgan fingerprint density at radius 1 is 0.654 bits per heavy atom. The molecule has 0 aliphatic rings. The molecular weight excluding hydrogens is 353 g/mol. The molecule has 134 valence electrons. The first-order chi connectivity index (χ1) is 12.3. The van der Waals surface area contributed by atoms with Crippen LogP contribution in [0, 0.1) is 29.1 Å². The lowest BCUT2D eigenvalue weighted by atomic mass is 10.1. The highest BCUT2D eigenvalue weighted by atomic mass is 19.2. The average Bonchev–Trinajstić information content (AvgIpc) is 2.65. The summed E-state index contributed by atoms with van der Waals surface area (Å²) in [7, 11) is 0. The number of hydrogen-bond donors (Lipinski definition) is 0. The molecule has 1 aromatic heterocycles. The highest BCUT2D eigenvalue weighted by molar-refractivity contribution is 5.62. The van der Waals surface area contributed by atoms with Crippen molar-refractivity contribution in [2.45, 2.75) is 19.8 Å². The molecule has 0 fully saturated rings. The van der Waals surface area contributed by atoms with E-state index < -0.39 is 40.5 Å². The fourth-order valence-electron chi connectivity index (χ4n) is 2.28. The Labute approximate surface area is 145 Å². The minimum absolute atomic E-state index is 0.0724. The van der Waals surface area contributed by atoms with Crippen molar-refractivity contribution in [2.24, 2.45) is 0 Å². The fourth-order valence-corrected chi connectivity index (χ4v) is 2.28. The predicted molar refractivity (Wildman–Crippen MR) is 84.6 cm³/mol. The number of halogens is 5. The second-order valence-corrected chi connectivity index (χ2v) is 5.81. The Morgan fingerprint density at radius 2 is 1.15 bits per heavy atom. The van der Waals surface area contributed by atoms with Crippen molar-refractivity contribution in [3.8, 4) is 22.8 Å². The molecular formula is C18H12F5N3. The van der Waals surface area contributed by atoms with Gasteiger partial charge >= 0.3 is 0 Å². The van der Waals surface area contributed by atoms with Crippen LogP contribution in [0.5, 0.6) is 0 Å². The molecule has 0 unspecified atom stereocenters. The highest BCUT2D eigenvalue weighted by Crippen LogP contribution is 2.31. The zero-order chi connectivity index (χ0) is 19.0. The van der Waals surface area contributed by atoms with Gasteiger partial charge in [0.05, 0.1) is 5.56 Å². The van der Waals surface area contributed by atoms with Crippen molar-refractivity contribution in [1.29, 1.82) is 0 Å². The van der Waals surface area contributed by atoms with Crippen LogP contribution in [-0.4, -0.2) is 15.0 Å². The van der Waals surface area contributed by atoms with Crippen LogP contribution in [0.1, 0.15) is 25.6 Å². The van der Waals surface area contributed by atoms with E-state index in [-0.39, 0.29) is 17.6 Å². The molecule has 0 aliphatic heterocycles. The smallest absolute Gasteiger partial charge is 0.200 e. The first kappa shape index (κ1) is 17.9. The third kappa shape index (κ3) is 3.02. The monoisotopic (exact) mass is 365 g/mol. The first-order valence-corrected chi connectivity index (χ1v) is 7.64. The Bertz CT molecular complexity index is 945. The molecule has 0 saturated heterocycles. The first-order valence-electron chi connectivity index (χ1n) is 7.64.